The smallest absolute Gasteiger partial charge is 0.186 e. The molecule has 3 aromatic rings. The summed E-state index contributed by atoms with van der Waals surface area (Å²) in [6.07, 6.45) is 0. The Labute approximate surface area is 165 Å². The third-order valence-corrected chi connectivity index (χ3v) is 5.98. The molecular formula is C19H13Cl2FO4S. The van der Waals surface area contributed by atoms with Gasteiger partial charge in [-0.15, -0.1) is 0 Å². The number of para-hydroxylation sites is 1. The Morgan fingerprint density at radius 2 is 1.59 bits per heavy atom. The van der Waals surface area contributed by atoms with Crippen molar-refractivity contribution in [3.05, 3.63) is 82.1 Å². The van der Waals surface area contributed by atoms with Crippen molar-refractivity contribution in [2.24, 2.45) is 0 Å². The summed E-state index contributed by atoms with van der Waals surface area (Å²) in [6.45, 7) is 0. The SMILES string of the molecule is O=S(=O)(Cc1ccc(F)cc1)c1cc(Oc2c(Cl)cccc2Cl)ccc1O. The first-order valence-electron chi connectivity index (χ1n) is 7.68. The fourth-order valence-electron chi connectivity index (χ4n) is 2.38. The van der Waals surface area contributed by atoms with E-state index >= 15 is 0 Å². The largest absolute Gasteiger partial charge is 0.507 e. The minimum Gasteiger partial charge on any atom is -0.507 e. The fourth-order valence-corrected chi connectivity index (χ4v) is 4.33. The second kappa shape index (κ2) is 7.76. The topological polar surface area (TPSA) is 63.6 Å². The van der Waals surface area contributed by atoms with Gasteiger partial charge in [-0.25, -0.2) is 12.8 Å². The molecule has 0 spiro atoms. The summed E-state index contributed by atoms with van der Waals surface area (Å²) in [4.78, 5) is -0.312. The molecule has 0 aromatic heterocycles. The van der Waals surface area contributed by atoms with Crippen LogP contribution in [0.1, 0.15) is 5.56 Å². The Morgan fingerprint density at radius 3 is 2.22 bits per heavy atom. The Hall–Kier alpha value is -2.28. The first-order chi connectivity index (χ1) is 12.8. The molecular weight excluding hydrogens is 414 g/mol. The van der Waals surface area contributed by atoms with Crippen molar-refractivity contribution in [3.8, 4) is 17.2 Å². The van der Waals surface area contributed by atoms with E-state index in [-0.39, 0.29) is 26.4 Å². The van der Waals surface area contributed by atoms with Gasteiger partial charge in [0.15, 0.2) is 15.6 Å². The molecule has 0 aliphatic heterocycles. The van der Waals surface area contributed by atoms with Crippen LogP contribution in [0.15, 0.2) is 65.6 Å². The second-order valence-electron chi connectivity index (χ2n) is 5.67. The average molecular weight is 427 g/mol. The van der Waals surface area contributed by atoms with E-state index in [2.05, 4.69) is 0 Å². The first kappa shape index (κ1) is 19.5. The molecule has 0 heterocycles. The number of ether oxygens (including phenoxy) is 1. The molecule has 0 radical (unpaired) electrons. The number of hydrogen-bond acceptors (Lipinski definition) is 4. The van der Waals surface area contributed by atoms with Gasteiger partial charge in [-0.05, 0) is 42.0 Å². The monoisotopic (exact) mass is 426 g/mol. The number of benzene rings is 3. The van der Waals surface area contributed by atoms with Gasteiger partial charge >= 0.3 is 0 Å². The highest BCUT2D eigenvalue weighted by Gasteiger charge is 2.21. The van der Waals surface area contributed by atoms with E-state index in [1.165, 1.54) is 42.5 Å². The zero-order valence-corrected chi connectivity index (χ0v) is 16.0. The summed E-state index contributed by atoms with van der Waals surface area (Å²) in [5.74, 6) is -0.980. The van der Waals surface area contributed by atoms with Gasteiger partial charge < -0.3 is 9.84 Å². The number of sulfone groups is 1. The standard InChI is InChI=1S/C19H13Cl2FO4S/c20-15-2-1-3-16(21)19(15)26-14-8-9-17(23)18(10-14)27(24,25)11-12-4-6-13(22)7-5-12/h1-10,23H,11H2. The predicted octanol–water partition coefficient (Wildman–Crippen LogP) is 5.60. The molecule has 0 atom stereocenters. The van der Waals surface area contributed by atoms with Crippen LogP contribution in [-0.4, -0.2) is 13.5 Å². The summed E-state index contributed by atoms with van der Waals surface area (Å²) >= 11 is 12.1. The van der Waals surface area contributed by atoms with Crippen molar-refractivity contribution in [1.82, 2.24) is 0 Å². The molecule has 0 saturated carbocycles. The van der Waals surface area contributed by atoms with E-state index in [1.54, 1.807) is 18.2 Å². The fraction of sp³-hybridized carbons (Fsp3) is 0.0526. The Kier molecular flexibility index (Phi) is 5.60. The van der Waals surface area contributed by atoms with E-state index in [0.717, 1.165) is 0 Å². The third-order valence-electron chi connectivity index (χ3n) is 3.68. The summed E-state index contributed by atoms with van der Waals surface area (Å²) in [5, 5.41) is 10.5. The summed E-state index contributed by atoms with van der Waals surface area (Å²) < 4.78 is 44.0. The molecule has 0 aliphatic rings. The van der Waals surface area contributed by atoms with Gasteiger partial charge in [0.05, 0.1) is 15.8 Å². The Balaban J connectivity index is 1.94. The van der Waals surface area contributed by atoms with Crippen LogP contribution in [0.5, 0.6) is 17.2 Å². The quantitative estimate of drug-likeness (QED) is 0.576. The normalized spacial score (nSPS) is 11.4. The van der Waals surface area contributed by atoms with Crippen molar-refractivity contribution >= 4 is 33.0 Å². The molecule has 3 rings (SSSR count). The van der Waals surface area contributed by atoms with Gasteiger partial charge in [-0.2, -0.15) is 0 Å². The minimum atomic E-state index is -3.91. The zero-order valence-electron chi connectivity index (χ0n) is 13.7. The van der Waals surface area contributed by atoms with Crippen LogP contribution in [0.4, 0.5) is 4.39 Å². The zero-order chi connectivity index (χ0) is 19.6. The maximum absolute atomic E-state index is 13.0. The van der Waals surface area contributed by atoms with Crippen molar-refractivity contribution in [1.29, 1.82) is 0 Å². The lowest BCUT2D eigenvalue weighted by atomic mass is 10.2. The molecule has 0 bridgehead atoms. The van der Waals surface area contributed by atoms with Crippen LogP contribution in [0, 0.1) is 5.82 Å². The molecule has 1 N–H and O–H groups in total. The van der Waals surface area contributed by atoms with Gasteiger partial charge in [-0.3, -0.25) is 0 Å². The van der Waals surface area contributed by atoms with E-state index in [4.69, 9.17) is 27.9 Å². The number of hydrogen-bond donors (Lipinski definition) is 1. The van der Waals surface area contributed by atoms with E-state index < -0.39 is 27.2 Å². The van der Waals surface area contributed by atoms with Crippen LogP contribution < -0.4 is 4.74 Å². The van der Waals surface area contributed by atoms with Gasteiger partial charge in [0.2, 0.25) is 0 Å². The lowest BCUT2D eigenvalue weighted by Crippen LogP contribution is -2.05. The molecule has 3 aromatic carbocycles. The van der Waals surface area contributed by atoms with Gasteiger partial charge in [0, 0.05) is 6.07 Å². The predicted molar refractivity (Wildman–Crippen MR) is 102 cm³/mol. The summed E-state index contributed by atoms with van der Waals surface area (Å²) in [5.41, 5.74) is 0.385. The van der Waals surface area contributed by atoms with Crippen molar-refractivity contribution in [2.75, 3.05) is 0 Å². The maximum Gasteiger partial charge on any atom is 0.186 e. The lowest BCUT2D eigenvalue weighted by molar-refractivity contribution is 0.448. The van der Waals surface area contributed by atoms with Gasteiger partial charge in [0.25, 0.3) is 0 Å². The number of phenolic OH excluding ortho intramolecular Hbond substituents is 1. The minimum absolute atomic E-state index is 0.139. The van der Waals surface area contributed by atoms with Crippen molar-refractivity contribution in [3.63, 3.8) is 0 Å². The Bertz CT molecular complexity index is 1060. The molecule has 0 unspecified atom stereocenters. The highest BCUT2D eigenvalue weighted by Crippen LogP contribution is 2.38. The molecule has 0 amide bonds. The van der Waals surface area contributed by atoms with Crippen molar-refractivity contribution < 1.29 is 22.7 Å². The van der Waals surface area contributed by atoms with Crippen LogP contribution in [-0.2, 0) is 15.6 Å². The molecule has 0 fully saturated rings. The van der Waals surface area contributed by atoms with E-state index in [0.29, 0.717) is 5.56 Å². The van der Waals surface area contributed by atoms with Gasteiger partial charge in [0.1, 0.15) is 22.2 Å². The number of rotatable bonds is 5. The van der Waals surface area contributed by atoms with Crippen LogP contribution >= 0.6 is 23.2 Å². The van der Waals surface area contributed by atoms with E-state index in [1.807, 2.05) is 0 Å². The Morgan fingerprint density at radius 1 is 0.963 bits per heavy atom. The lowest BCUT2D eigenvalue weighted by Gasteiger charge is -2.12. The second-order valence-corrected chi connectivity index (χ2v) is 8.44. The van der Waals surface area contributed by atoms with E-state index in [9.17, 15) is 17.9 Å². The summed E-state index contributed by atoms with van der Waals surface area (Å²) in [7, 11) is -3.91. The molecule has 0 aliphatic carbocycles. The summed E-state index contributed by atoms with van der Waals surface area (Å²) in [6, 6.07) is 13.7. The third kappa shape index (κ3) is 4.53. The molecule has 0 saturated heterocycles. The van der Waals surface area contributed by atoms with Crippen molar-refractivity contribution in [2.45, 2.75) is 10.6 Å². The van der Waals surface area contributed by atoms with Gasteiger partial charge in [-0.1, -0.05) is 41.4 Å². The number of phenols is 1. The molecule has 27 heavy (non-hydrogen) atoms. The highest BCUT2D eigenvalue weighted by molar-refractivity contribution is 7.90. The molecule has 4 nitrogen and oxygen atoms in total. The maximum atomic E-state index is 13.0. The molecule has 140 valence electrons. The van der Waals surface area contributed by atoms with Crippen LogP contribution in [0.2, 0.25) is 10.0 Å². The molecule has 8 heteroatoms. The number of aromatic hydroxyl groups is 1. The first-order valence-corrected chi connectivity index (χ1v) is 10.1. The van der Waals surface area contributed by atoms with Crippen LogP contribution in [0.3, 0.4) is 0 Å². The van der Waals surface area contributed by atoms with Crippen LogP contribution in [0.25, 0.3) is 0 Å². The highest BCUT2D eigenvalue weighted by atomic mass is 35.5. The number of halogens is 3. The average Bonchev–Trinajstić information content (AvgIpc) is 2.61.